The first-order chi connectivity index (χ1) is 7.27. The van der Waals surface area contributed by atoms with Gasteiger partial charge in [0.25, 0.3) is 5.91 Å². The fourth-order valence-corrected chi connectivity index (χ4v) is 2.64. The van der Waals surface area contributed by atoms with Gasteiger partial charge in [-0.1, -0.05) is 11.6 Å². The molecule has 1 saturated heterocycles. The third-order valence-electron chi connectivity index (χ3n) is 2.41. The monoisotopic (exact) mass is 244 g/mol. The minimum absolute atomic E-state index is 0.107. The Kier molecular flexibility index (Phi) is 3.61. The van der Waals surface area contributed by atoms with E-state index in [4.69, 9.17) is 11.6 Å². The summed E-state index contributed by atoms with van der Waals surface area (Å²) in [5, 5.41) is 3.27. The molecule has 2 rings (SSSR count). The molecular weight excluding hydrogens is 232 g/mol. The number of nitrogens with one attached hydrogen (secondary N) is 1. The highest BCUT2D eigenvalue weighted by atomic mass is 35.5. The van der Waals surface area contributed by atoms with Gasteiger partial charge in [-0.3, -0.25) is 4.79 Å². The fraction of sp³-hybridized carbons (Fsp3) is 0.500. The van der Waals surface area contributed by atoms with Crippen LogP contribution in [0.5, 0.6) is 0 Å². The van der Waals surface area contributed by atoms with Crippen molar-refractivity contribution in [2.24, 2.45) is 0 Å². The zero-order chi connectivity index (χ0) is 10.7. The van der Waals surface area contributed by atoms with Gasteiger partial charge >= 0.3 is 0 Å². The number of hydrogen-bond acceptors (Lipinski definition) is 3. The summed E-state index contributed by atoms with van der Waals surface area (Å²) in [7, 11) is 0. The lowest BCUT2D eigenvalue weighted by molar-refractivity contribution is 0.0771. The highest BCUT2D eigenvalue weighted by Gasteiger charge is 2.18. The van der Waals surface area contributed by atoms with E-state index in [1.165, 1.54) is 11.3 Å². The lowest BCUT2D eigenvalue weighted by Crippen LogP contribution is -2.33. The van der Waals surface area contributed by atoms with Gasteiger partial charge in [-0.25, -0.2) is 0 Å². The van der Waals surface area contributed by atoms with Crippen LogP contribution < -0.4 is 5.32 Å². The predicted octanol–water partition coefficient (Wildman–Crippen LogP) is 1.84. The minimum atomic E-state index is 0.107. The summed E-state index contributed by atoms with van der Waals surface area (Å²) >= 11 is 7.16. The maximum Gasteiger partial charge on any atom is 0.264 e. The maximum atomic E-state index is 12.0. The van der Waals surface area contributed by atoms with E-state index in [-0.39, 0.29) is 5.91 Å². The summed E-state index contributed by atoms with van der Waals surface area (Å²) in [6.45, 7) is 3.50. The Morgan fingerprint density at radius 2 is 2.27 bits per heavy atom. The van der Waals surface area contributed by atoms with Crippen LogP contribution in [0.3, 0.4) is 0 Å². The van der Waals surface area contributed by atoms with Crippen molar-refractivity contribution in [3.63, 3.8) is 0 Å². The van der Waals surface area contributed by atoms with Crippen molar-refractivity contribution in [2.75, 3.05) is 26.2 Å². The Bertz CT molecular complexity index is 345. The molecule has 0 atom stereocenters. The van der Waals surface area contributed by atoms with E-state index in [0.29, 0.717) is 4.34 Å². The molecule has 1 fully saturated rings. The van der Waals surface area contributed by atoms with Gasteiger partial charge in [-0.05, 0) is 25.1 Å². The van der Waals surface area contributed by atoms with Gasteiger partial charge < -0.3 is 10.2 Å². The maximum absolute atomic E-state index is 12.0. The predicted molar refractivity (Wildman–Crippen MR) is 62.7 cm³/mol. The SMILES string of the molecule is O=C(c1ccc(Cl)s1)N1CCCNCC1. The van der Waals surface area contributed by atoms with Crippen molar-refractivity contribution >= 4 is 28.8 Å². The second-order valence-electron chi connectivity index (χ2n) is 3.50. The summed E-state index contributed by atoms with van der Waals surface area (Å²) in [5.41, 5.74) is 0. The van der Waals surface area contributed by atoms with Crippen LogP contribution in [0.4, 0.5) is 0 Å². The van der Waals surface area contributed by atoms with Crippen molar-refractivity contribution < 1.29 is 4.79 Å². The van der Waals surface area contributed by atoms with Crippen LogP contribution in [0.1, 0.15) is 16.1 Å². The molecule has 1 N–H and O–H groups in total. The number of rotatable bonds is 1. The summed E-state index contributed by atoms with van der Waals surface area (Å²) < 4.78 is 0.672. The van der Waals surface area contributed by atoms with Crippen molar-refractivity contribution in [3.8, 4) is 0 Å². The lowest BCUT2D eigenvalue weighted by atomic mass is 10.3. The van der Waals surface area contributed by atoms with Gasteiger partial charge in [0.15, 0.2) is 0 Å². The first-order valence-corrected chi connectivity index (χ1v) is 6.22. The molecule has 0 unspecified atom stereocenters. The zero-order valence-electron chi connectivity index (χ0n) is 8.33. The first kappa shape index (κ1) is 10.9. The Hall–Kier alpha value is -0.580. The van der Waals surface area contributed by atoms with Gasteiger partial charge in [0.05, 0.1) is 9.21 Å². The second kappa shape index (κ2) is 4.96. The number of nitrogens with zero attached hydrogens (tertiary/aromatic N) is 1. The molecule has 3 nitrogen and oxygen atoms in total. The van der Waals surface area contributed by atoms with Gasteiger partial charge in [-0.15, -0.1) is 11.3 Å². The van der Waals surface area contributed by atoms with Crippen LogP contribution in [0, 0.1) is 0 Å². The van der Waals surface area contributed by atoms with E-state index in [9.17, 15) is 4.79 Å². The topological polar surface area (TPSA) is 32.3 Å². The number of carbonyl (C=O) groups excluding carboxylic acids is 1. The van der Waals surface area contributed by atoms with Crippen molar-refractivity contribution in [3.05, 3.63) is 21.3 Å². The van der Waals surface area contributed by atoms with Gasteiger partial charge in [0, 0.05) is 19.6 Å². The lowest BCUT2D eigenvalue weighted by Gasteiger charge is -2.18. The van der Waals surface area contributed by atoms with Gasteiger partial charge in [0.1, 0.15) is 0 Å². The van der Waals surface area contributed by atoms with E-state index in [2.05, 4.69) is 5.32 Å². The molecule has 0 radical (unpaired) electrons. The normalized spacial score (nSPS) is 17.5. The Morgan fingerprint density at radius 3 is 3.00 bits per heavy atom. The molecular formula is C10H13ClN2OS. The average molecular weight is 245 g/mol. The first-order valence-electron chi connectivity index (χ1n) is 5.03. The quantitative estimate of drug-likeness (QED) is 0.818. The molecule has 0 aliphatic carbocycles. The third-order valence-corrected chi connectivity index (χ3v) is 3.63. The number of amides is 1. The molecule has 0 bridgehead atoms. The highest BCUT2D eigenvalue weighted by Crippen LogP contribution is 2.22. The summed E-state index contributed by atoms with van der Waals surface area (Å²) in [6, 6.07) is 3.57. The molecule has 1 aliphatic rings. The molecule has 82 valence electrons. The molecule has 1 amide bonds. The van der Waals surface area contributed by atoms with Crippen molar-refractivity contribution in [1.29, 1.82) is 0 Å². The summed E-state index contributed by atoms with van der Waals surface area (Å²) in [6.07, 6.45) is 1.02. The van der Waals surface area contributed by atoms with Crippen molar-refractivity contribution in [2.45, 2.75) is 6.42 Å². The van der Waals surface area contributed by atoms with Crippen LogP contribution in [0.15, 0.2) is 12.1 Å². The van der Waals surface area contributed by atoms with E-state index < -0.39 is 0 Å². The molecule has 0 aromatic carbocycles. The van der Waals surface area contributed by atoms with Crippen LogP contribution in [-0.2, 0) is 0 Å². The molecule has 0 saturated carbocycles. The van der Waals surface area contributed by atoms with Gasteiger partial charge in [0.2, 0.25) is 0 Å². The number of carbonyl (C=O) groups is 1. The molecule has 1 aromatic rings. The molecule has 1 aromatic heterocycles. The third kappa shape index (κ3) is 2.71. The molecule has 5 heteroatoms. The molecule has 15 heavy (non-hydrogen) atoms. The van der Waals surface area contributed by atoms with Crippen LogP contribution in [0.25, 0.3) is 0 Å². The van der Waals surface area contributed by atoms with Crippen LogP contribution in [-0.4, -0.2) is 37.0 Å². The van der Waals surface area contributed by atoms with Gasteiger partial charge in [-0.2, -0.15) is 0 Å². The smallest absolute Gasteiger partial charge is 0.264 e. The molecule has 2 heterocycles. The molecule has 0 spiro atoms. The Balaban J connectivity index is 2.06. The van der Waals surface area contributed by atoms with Crippen molar-refractivity contribution in [1.82, 2.24) is 10.2 Å². The van der Waals surface area contributed by atoms with E-state index in [0.717, 1.165) is 37.5 Å². The summed E-state index contributed by atoms with van der Waals surface area (Å²) in [4.78, 5) is 14.6. The van der Waals surface area contributed by atoms with Crippen LogP contribution in [0.2, 0.25) is 4.34 Å². The molecule has 1 aliphatic heterocycles. The number of thiophene rings is 1. The largest absolute Gasteiger partial charge is 0.337 e. The zero-order valence-corrected chi connectivity index (χ0v) is 9.90. The summed E-state index contributed by atoms with van der Waals surface area (Å²) in [5.74, 6) is 0.107. The number of halogens is 1. The van der Waals surface area contributed by atoms with E-state index >= 15 is 0 Å². The number of hydrogen-bond donors (Lipinski definition) is 1. The fourth-order valence-electron chi connectivity index (χ4n) is 1.63. The Labute approximate surface area is 98.0 Å². The van der Waals surface area contributed by atoms with E-state index in [1.807, 2.05) is 4.90 Å². The Morgan fingerprint density at radius 1 is 1.40 bits per heavy atom. The standard InChI is InChI=1S/C10H13ClN2OS/c11-9-3-2-8(15-9)10(14)13-6-1-4-12-5-7-13/h2-3,12H,1,4-7H2. The van der Waals surface area contributed by atoms with Crippen LogP contribution >= 0.6 is 22.9 Å². The van der Waals surface area contributed by atoms with E-state index in [1.54, 1.807) is 12.1 Å². The highest BCUT2D eigenvalue weighted by molar-refractivity contribution is 7.17. The minimum Gasteiger partial charge on any atom is -0.337 e. The second-order valence-corrected chi connectivity index (χ2v) is 5.21. The average Bonchev–Trinajstić information content (AvgIpc) is 2.53.